The van der Waals surface area contributed by atoms with Crippen LogP contribution in [-0.2, 0) is 0 Å². The lowest BCUT2D eigenvalue weighted by Gasteiger charge is -2.21. The Morgan fingerprint density at radius 3 is 1.41 bits per heavy atom. The molecule has 7 aromatic carbocycles. The van der Waals surface area contributed by atoms with E-state index in [4.69, 9.17) is 0 Å². The second kappa shape index (κ2) is 7.52. The van der Waals surface area contributed by atoms with E-state index in [9.17, 15) is 9.59 Å². The second-order valence-electron chi connectivity index (χ2n) is 14.3. The topological polar surface area (TPSA) is 39.1 Å². The van der Waals surface area contributed by atoms with Crippen LogP contribution >= 0.6 is 0 Å². The fourth-order valence-corrected chi connectivity index (χ4v) is 10.9. The lowest BCUT2D eigenvalue weighted by molar-refractivity contribution is 0.977. The van der Waals surface area contributed by atoms with E-state index in [1.54, 1.807) is 0 Å². The highest BCUT2D eigenvalue weighted by Crippen LogP contribution is 2.49. The fraction of sp³-hybridized carbons (Fsp3) is 0.222. The van der Waals surface area contributed by atoms with Gasteiger partial charge in [-0.25, -0.2) is 4.57 Å². The molecule has 0 saturated heterocycles. The molecule has 0 amide bonds. The molecule has 0 spiro atoms. The van der Waals surface area contributed by atoms with E-state index in [-0.39, 0.29) is 11.1 Å². The van der Waals surface area contributed by atoms with E-state index >= 15 is 0 Å². The van der Waals surface area contributed by atoms with Crippen LogP contribution in [0.4, 0.5) is 0 Å². The molecule has 0 fully saturated rings. The van der Waals surface area contributed by atoms with Gasteiger partial charge in [-0.15, -0.1) is 0 Å². The molecule has 41 heavy (non-hydrogen) atoms. The smallest absolute Gasteiger partial charge is 0.266 e. The third-order valence-corrected chi connectivity index (χ3v) is 13.5. The maximum Gasteiger partial charge on any atom is 0.266 e. The summed E-state index contributed by atoms with van der Waals surface area (Å²) in [5, 5.41) is 15.8. The van der Waals surface area contributed by atoms with Crippen LogP contribution in [0.15, 0.2) is 64.2 Å². The lowest BCUT2D eigenvalue weighted by Crippen LogP contribution is -2.38. The van der Waals surface area contributed by atoms with E-state index in [0.29, 0.717) is 16.5 Å². The zero-order chi connectivity index (χ0) is 28.9. The van der Waals surface area contributed by atoms with Crippen molar-refractivity contribution in [2.24, 2.45) is 0 Å². The van der Waals surface area contributed by atoms with Gasteiger partial charge in [-0.3, -0.25) is 9.59 Å². The van der Waals surface area contributed by atoms with Gasteiger partial charge in [-0.2, -0.15) is 0 Å². The zero-order valence-electron chi connectivity index (χ0n) is 25.0. The van der Waals surface area contributed by atoms with Crippen molar-refractivity contribution in [3.63, 3.8) is 0 Å². The van der Waals surface area contributed by atoms with Gasteiger partial charge in [0, 0.05) is 0 Å². The van der Waals surface area contributed by atoms with Crippen LogP contribution in [0.1, 0.15) is 11.1 Å². The Labute approximate surface area is 240 Å². The average Bonchev–Trinajstić information content (AvgIpc) is 3.38. The van der Waals surface area contributed by atoms with Crippen molar-refractivity contribution >= 4 is 91.2 Å². The number of aryl methyl sites for hydroxylation is 2. The summed E-state index contributed by atoms with van der Waals surface area (Å²) in [4.78, 5) is 29.1. The largest absolute Gasteiger partial charge is 0.268 e. The predicted octanol–water partition coefficient (Wildman–Crippen LogP) is 7.58. The van der Waals surface area contributed by atoms with Crippen molar-refractivity contribution in [2.45, 2.75) is 53.1 Å². The summed E-state index contributed by atoms with van der Waals surface area (Å²) in [6.45, 7) is 18.3. The minimum Gasteiger partial charge on any atom is -0.268 e. The number of benzene rings is 6. The second-order valence-corrected chi connectivity index (χ2v) is 24.3. The standard InChI is InChI=1S/C36H33NO2Si2/c1-18-9-14-25(19(2)15-18)37-35(38)33-23-16-26(40(3,4)5)21-12-10-20-11-13-22-27(41(6,7)8)17-24(34(33)36(37)39)32-30(22)28(20)29(21)31(23)32/h9-17H,1-8H3. The SMILES string of the molecule is Cc1ccc(-n2c(=O)c3c4cc([Si](C)(C)C)c5ccc6ccc7c([Si](C)(C)C)cc(c3c2=O)c2c7c6c5c42)c(C)c1. The van der Waals surface area contributed by atoms with Crippen molar-refractivity contribution in [1.82, 2.24) is 4.57 Å². The number of hydrogen-bond donors (Lipinski definition) is 0. The Morgan fingerprint density at radius 1 is 0.512 bits per heavy atom. The van der Waals surface area contributed by atoms with Gasteiger partial charge >= 0.3 is 0 Å². The molecule has 3 nitrogen and oxygen atoms in total. The predicted molar refractivity (Wildman–Crippen MR) is 184 cm³/mol. The molecule has 8 rings (SSSR count). The fourth-order valence-electron chi connectivity index (χ4n) is 7.70. The van der Waals surface area contributed by atoms with Crippen LogP contribution in [0.3, 0.4) is 0 Å². The molecule has 5 heteroatoms. The number of fused-ring (bicyclic) bond motifs is 3. The van der Waals surface area contributed by atoms with E-state index in [0.717, 1.165) is 21.9 Å². The van der Waals surface area contributed by atoms with E-state index in [1.807, 2.05) is 26.0 Å². The number of aromatic nitrogens is 1. The molecule has 0 aliphatic rings. The summed E-state index contributed by atoms with van der Waals surface area (Å²) in [7, 11) is -3.65. The van der Waals surface area contributed by atoms with Crippen molar-refractivity contribution in [2.75, 3.05) is 0 Å². The minimum atomic E-state index is -1.82. The van der Waals surface area contributed by atoms with E-state index in [1.165, 1.54) is 58.0 Å². The summed E-state index contributed by atoms with van der Waals surface area (Å²) in [6, 6.07) is 19.7. The zero-order valence-corrected chi connectivity index (χ0v) is 27.0. The third-order valence-electron chi connectivity index (χ3n) is 9.46. The first-order valence-corrected chi connectivity index (χ1v) is 21.5. The van der Waals surface area contributed by atoms with Crippen molar-refractivity contribution in [3.05, 3.63) is 86.4 Å². The Hall–Kier alpha value is -3.81. The molecular formula is C36H33NO2Si2. The van der Waals surface area contributed by atoms with Gasteiger partial charge in [-0.05, 0) is 79.3 Å². The lowest BCUT2D eigenvalue weighted by atomic mass is 9.95. The molecule has 0 radical (unpaired) electrons. The number of rotatable bonds is 3. The van der Waals surface area contributed by atoms with Crippen LogP contribution in [0.2, 0.25) is 39.3 Å². The molecule has 1 aromatic heterocycles. The van der Waals surface area contributed by atoms with Gasteiger partial charge in [0.05, 0.1) is 32.6 Å². The van der Waals surface area contributed by atoms with Crippen molar-refractivity contribution in [1.29, 1.82) is 0 Å². The van der Waals surface area contributed by atoms with Crippen LogP contribution < -0.4 is 21.5 Å². The summed E-state index contributed by atoms with van der Waals surface area (Å²) in [6.07, 6.45) is 0. The van der Waals surface area contributed by atoms with E-state index < -0.39 is 16.1 Å². The highest BCUT2D eigenvalue weighted by molar-refractivity contribution is 6.91. The molecular weight excluding hydrogens is 535 g/mol. The van der Waals surface area contributed by atoms with Gasteiger partial charge in [0.1, 0.15) is 0 Å². The first-order chi connectivity index (χ1) is 19.3. The van der Waals surface area contributed by atoms with Crippen molar-refractivity contribution in [3.8, 4) is 5.69 Å². The number of hydrogen-bond acceptors (Lipinski definition) is 2. The number of nitrogens with zero attached hydrogens (tertiary/aromatic N) is 1. The molecule has 0 saturated carbocycles. The minimum absolute atomic E-state index is 0.197. The molecule has 0 aliphatic heterocycles. The molecule has 0 unspecified atom stereocenters. The summed E-state index contributed by atoms with van der Waals surface area (Å²) in [5.74, 6) is 0. The molecule has 0 N–H and O–H groups in total. The first kappa shape index (κ1) is 24.9. The molecule has 0 aliphatic carbocycles. The van der Waals surface area contributed by atoms with Crippen LogP contribution in [0.25, 0.3) is 70.3 Å². The molecule has 202 valence electrons. The first-order valence-electron chi connectivity index (χ1n) is 14.5. The van der Waals surface area contributed by atoms with Crippen LogP contribution in [0, 0.1) is 13.8 Å². The molecule has 0 atom stereocenters. The summed E-state index contributed by atoms with van der Waals surface area (Å²) in [5.41, 5.74) is 2.34. The Kier molecular flexibility index (Phi) is 4.58. The normalized spacial score (nSPS) is 13.6. The highest BCUT2D eigenvalue weighted by atomic mass is 28.3. The Bertz CT molecular complexity index is 2350. The molecule has 8 aromatic rings. The molecule has 1 heterocycles. The maximum absolute atomic E-state index is 14.6. The van der Waals surface area contributed by atoms with Gasteiger partial charge in [-0.1, -0.05) is 104 Å². The van der Waals surface area contributed by atoms with Gasteiger partial charge in [0.15, 0.2) is 0 Å². The third kappa shape index (κ3) is 2.98. The monoisotopic (exact) mass is 567 g/mol. The van der Waals surface area contributed by atoms with Gasteiger partial charge in [0.25, 0.3) is 11.1 Å². The van der Waals surface area contributed by atoms with Crippen molar-refractivity contribution < 1.29 is 0 Å². The van der Waals surface area contributed by atoms with Gasteiger partial charge in [0.2, 0.25) is 0 Å². The quantitative estimate of drug-likeness (QED) is 0.163. The van der Waals surface area contributed by atoms with E-state index in [2.05, 4.69) is 81.7 Å². The Balaban J connectivity index is 1.76. The summed E-state index contributed by atoms with van der Waals surface area (Å²) < 4.78 is 1.45. The highest BCUT2D eigenvalue weighted by Gasteiger charge is 2.32. The average molecular weight is 568 g/mol. The van der Waals surface area contributed by atoms with Crippen LogP contribution in [0.5, 0.6) is 0 Å². The van der Waals surface area contributed by atoms with Gasteiger partial charge < -0.3 is 0 Å². The maximum atomic E-state index is 14.6. The van der Waals surface area contributed by atoms with Crippen LogP contribution in [-0.4, -0.2) is 20.7 Å². The molecule has 0 bridgehead atoms. The Morgan fingerprint density at radius 2 is 0.976 bits per heavy atom. The summed E-state index contributed by atoms with van der Waals surface area (Å²) >= 11 is 0.